The lowest BCUT2D eigenvalue weighted by molar-refractivity contribution is -0.385. The summed E-state index contributed by atoms with van der Waals surface area (Å²) in [5.74, 6) is -0.0140. The largest absolute Gasteiger partial charge is 0.341 e. The van der Waals surface area contributed by atoms with E-state index in [0.29, 0.717) is 0 Å². The lowest BCUT2D eigenvalue weighted by Crippen LogP contribution is -2.37. The zero-order valence-electron chi connectivity index (χ0n) is 11.0. The maximum absolute atomic E-state index is 12.3. The van der Waals surface area contributed by atoms with Gasteiger partial charge in [0.15, 0.2) is 0 Å². The van der Waals surface area contributed by atoms with Gasteiger partial charge in [0.2, 0.25) is 5.91 Å². The lowest BCUT2D eigenvalue weighted by Gasteiger charge is -2.24. The van der Waals surface area contributed by atoms with E-state index in [1.165, 1.54) is 17.1 Å². The van der Waals surface area contributed by atoms with Gasteiger partial charge in [-0.05, 0) is 19.8 Å². The third-order valence-corrected chi connectivity index (χ3v) is 3.47. The third-order valence-electron chi connectivity index (χ3n) is 3.47. The van der Waals surface area contributed by atoms with Crippen LogP contribution in [0.25, 0.3) is 0 Å². The number of nitrogens with zero attached hydrogens (tertiary/aromatic N) is 4. The fourth-order valence-corrected chi connectivity index (χ4v) is 2.30. The minimum absolute atomic E-state index is 0.0140. The fourth-order valence-electron chi connectivity index (χ4n) is 2.30. The smallest absolute Gasteiger partial charge is 0.307 e. The number of rotatable bonds is 3. The molecule has 2 rings (SSSR count). The van der Waals surface area contributed by atoms with E-state index in [9.17, 15) is 14.9 Å². The Balaban J connectivity index is 2.06. The molecule has 1 aliphatic heterocycles. The predicted molar refractivity (Wildman–Crippen MR) is 68.6 cm³/mol. The molecule has 1 fully saturated rings. The second-order valence-electron chi connectivity index (χ2n) is 4.85. The zero-order chi connectivity index (χ0) is 13.8. The van der Waals surface area contributed by atoms with E-state index in [0.717, 1.165) is 38.8 Å². The Morgan fingerprint density at radius 1 is 1.37 bits per heavy atom. The van der Waals surface area contributed by atoms with Crippen LogP contribution in [-0.2, 0) is 4.79 Å². The van der Waals surface area contributed by atoms with E-state index >= 15 is 0 Å². The summed E-state index contributed by atoms with van der Waals surface area (Å²) in [6.45, 7) is 3.27. The highest BCUT2D eigenvalue weighted by atomic mass is 16.6. The molecule has 1 saturated heterocycles. The van der Waals surface area contributed by atoms with Gasteiger partial charge in [-0.15, -0.1) is 0 Å². The molecule has 1 amide bonds. The van der Waals surface area contributed by atoms with Crippen LogP contribution in [-0.4, -0.2) is 38.6 Å². The van der Waals surface area contributed by atoms with Crippen molar-refractivity contribution in [3.63, 3.8) is 0 Å². The molecular formula is C12H18N4O3. The molecule has 0 bridgehead atoms. The van der Waals surface area contributed by atoms with Crippen molar-refractivity contribution < 1.29 is 9.72 Å². The van der Waals surface area contributed by atoms with Crippen molar-refractivity contribution in [3.05, 3.63) is 22.5 Å². The van der Waals surface area contributed by atoms with Crippen molar-refractivity contribution in [2.45, 2.75) is 38.6 Å². The summed E-state index contributed by atoms with van der Waals surface area (Å²) in [6.07, 6.45) is 6.85. The van der Waals surface area contributed by atoms with E-state index in [1.54, 1.807) is 6.92 Å². The van der Waals surface area contributed by atoms with Crippen molar-refractivity contribution >= 4 is 11.6 Å². The average Bonchev–Trinajstić information content (AvgIpc) is 2.73. The highest BCUT2D eigenvalue weighted by Crippen LogP contribution is 2.17. The Labute approximate surface area is 111 Å². The van der Waals surface area contributed by atoms with E-state index in [2.05, 4.69) is 5.10 Å². The number of likely N-dealkylation sites (tertiary alicyclic amines) is 1. The highest BCUT2D eigenvalue weighted by molar-refractivity contribution is 5.80. The van der Waals surface area contributed by atoms with Crippen molar-refractivity contribution in [2.24, 2.45) is 0 Å². The van der Waals surface area contributed by atoms with Crippen LogP contribution in [0.3, 0.4) is 0 Å². The van der Waals surface area contributed by atoms with Crippen LogP contribution in [0.1, 0.15) is 38.6 Å². The van der Waals surface area contributed by atoms with Gasteiger partial charge in [-0.25, -0.2) is 0 Å². The molecule has 1 atom stereocenters. The van der Waals surface area contributed by atoms with E-state index < -0.39 is 11.0 Å². The first-order valence-electron chi connectivity index (χ1n) is 6.57. The van der Waals surface area contributed by atoms with Gasteiger partial charge < -0.3 is 4.90 Å². The van der Waals surface area contributed by atoms with Crippen molar-refractivity contribution in [3.8, 4) is 0 Å². The zero-order valence-corrected chi connectivity index (χ0v) is 11.0. The lowest BCUT2D eigenvalue weighted by atomic mass is 10.2. The van der Waals surface area contributed by atoms with Gasteiger partial charge in [-0.2, -0.15) is 5.10 Å². The molecule has 0 spiro atoms. The molecule has 1 aromatic rings. The summed E-state index contributed by atoms with van der Waals surface area (Å²) in [4.78, 5) is 24.3. The molecular weight excluding hydrogens is 248 g/mol. The van der Waals surface area contributed by atoms with Gasteiger partial charge in [0.1, 0.15) is 18.4 Å². The Kier molecular flexibility index (Phi) is 4.13. The van der Waals surface area contributed by atoms with Gasteiger partial charge in [0.25, 0.3) is 0 Å². The standard InChI is InChI=1S/C12H18N4O3/c1-10(15-9-11(8-13-15)16(18)19)12(17)14-6-4-2-3-5-7-14/h8-10H,2-7H2,1H3/t10-/m0/s1. The average molecular weight is 266 g/mol. The molecule has 0 radical (unpaired) electrons. The van der Waals surface area contributed by atoms with Gasteiger partial charge in [-0.1, -0.05) is 12.8 Å². The molecule has 7 heteroatoms. The Morgan fingerprint density at radius 3 is 2.53 bits per heavy atom. The van der Waals surface area contributed by atoms with Gasteiger partial charge in [-0.3, -0.25) is 19.6 Å². The maximum atomic E-state index is 12.3. The predicted octanol–water partition coefficient (Wildman–Crippen LogP) is 1.75. The van der Waals surface area contributed by atoms with Crippen LogP contribution in [0.2, 0.25) is 0 Å². The monoisotopic (exact) mass is 266 g/mol. The van der Waals surface area contributed by atoms with Crippen LogP contribution < -0.4 is 0 Å². The highest BCUT2D eigenvalue weighted by Gasteiger charge is 2.24. The van der Waals surface area contributed by atoms with Crippen molar-refractivity contribution in [1.82, 2.24) is 14.7 Å². The minimum atomic E-state index is -0.507. The van der Waals surface area contributed by atoms with E-state index in [4.69, 9.17) is 0 Å². The summed E-state index contributed by atoms with van der Waals surface area (Å²) in [5.41, 5.74) is -0.0875. The van der Waals surface area contributed by atoms with Gasteiger partial charge in [0.05, 0.1) is 4.92 Å². The van der Waals surface area contributed by atoms with Crippen LogP contribution in [0, 0.1) is 10.1 Å². The number of aromatic nitrogens is 2. The summed E-state index contributed by atoms with van der Waals surface area (Å²) in [7, 11) is 0. The quantitative estimate of drug-likeness (QED) is 0.616. The van der Waals surface area contributed by atoms with E-state index in [-0.39, 0.29) is 11.6 Å². The SMILES string of the molecule is C[C@@H](C(=O)N1CCCCCC1)n1cc([N+](=O)[O-])cn1. The van der Waals surface area contributed by atoms with Crippen LogP contribution in [0.4, 0.5) is 5.69 Å². The number of carbonyl (C=O) groups excluding carboxylic acids is 1. The summed E-state index contributed by atoms with van der Waals surface area (Å²) in [5, 5.41) is 14.5. The van der Waals surface area contributed by atoms with Gasteiger partial charge in [0, 0.05) is 13.1 Å². The molecule has 2 heterocycles. The minimum Gasteiger partial charge on any atom is -0.341 e. The van der Waals surface area contributed by atoms with Crippen LogP contribution in [0.5, 0.6) is 0 Å². The van der Waals surface area contributed by atoms with Crippen molar-refractivity contribution in [2.75, 3.05) is 13.1 Å². The number of nitro groups is 1. The second kappa shape index (κ2) is 5.81. The molecule has 0 unspecified atom stereocenters. The number of hydrogen-bond acceptors (Lipinski definition) is 4. The summed E-state index contributed by atoms with van der Waals surface area (Å²) in [6, 6.07) is -0.494. The molecule has 19 heavy (non-hydrogen) atoms. The van der Waals surface area contributed by atoms with Crippen LogP contribution >= 0.6 is 0 Å². The first-order chi connectivity index (χ1) is 9.09. The normalized spacial score (nSPS) is 17.8. The Hall–Kier alpha value is -1.92. The summed E-state index contributed by atoms with van der Waals surface area (Å²) >= 11 is 0. The van der Waals surface area contributed by atoms with Gasteiger partial charge >= 0.3 is 5.69 Å². The molecule has 7 nitrogen and oxygen atoms in total. The number of carbonyl (C=O) groups is 1. The molecule has 0 aliphatic carbocycles. The fraction of sp³-hybridized carbons (Fsp3) is 0.667. The first kappa shape index (κ1) is 13.5. The molecule has 0 saturated carbocycles. The van der Waals surface area contributed by atoms with Crippen LogP contribution in [0.15, 0.2) is 12.4 Å². The first-order valence-corrected chi connectivity index (χ1v) is 6.57. The Morgan fingerprint density at radius 2 is 2.00 bits per heavy atom. The topological polar surface area (TPSA) is 81.3 Å². The molecule has 0 aromatic carbocycles. The van der Waals surface area contributed by atoms with E-state index in [1.807, 2.05) is 4.90 Å². The maximum Gasteiger partial charge on any atom is 0.307 e. The molecule has 1 aromatic heterocycles. The Bertz CT molecular complexity index is 463. The molecule has 1 aliphatic rings. The summed E-state index contributed by atoms with van der Waals surface area (Å²) < 4.78 is 1.37. The number of hydrogen-bond donors (Lipinski definition) is 0. The van der Waals surface area contributed by atoms with Crippen molar-refractivity contribution in [1.29, 1.82) is 0 Å². The molecule has 0 N–H and O–H groups in total. The third kappa shape index (κ3) is 3.10. The number of amides is 1. The second-order valence-corrected chi connectivity index (χ2v) is 4.85. The molecule has 104 valence electrons.